The topological polar surface area (TPSA) is 119 Å². The lowest BCUT2D eigenvalue weighted by molar-refractivity contribution is -0.195. The molecule has 2 aliphatic heterocycles. The molecule has 2 aromatic heterocycles. The summed E-state index contributed by atoms with van der Waals surface area (Å²) >= 11 is 14.2. The van der Waals surface area contributed by atoms with Gasteiger partial charge in [0.25, 0.3) is 0 Å². The Morgan fingerprint density at radius 1 is 1.16 bits per heavy atom. The highest BCUT2D eigenvalue weighted by Gasteiger charge is 2.56. The highest BCUT2D eigenvalue weighted by Crippen LogP contribution is 2.55. The Morgan fingerprint density at radius 2 is 1.91 bits per heavy atom. The van der Waals surface area contributed by atoms with Gasteiger partial charge in [0.05, 0.1) is 35.4 Å². The number of fused-ring (bicyclic) bond motifs is 2. The van der Waals surface area contributed by atoms with Gasteiger partial charge in [0.15, 0.2) is 17.7 Å². The standard InChI is InChI=1S/C29H40Cl2N5O6PS/c1-7-8-13-38-43(37,42-28(2,3)4)17-44-16-21-22-23(41-29(5,6)40-22)26(39-21)36-25-19(15-33-36)24(34-27(31)35-25)32-14-18-11-9-10-12-20(18)30/h9-12,15,21-23,26H,7-8,13-14,16-17H2,1-6H3,(H,32,34,35)/t21-,22-,23-,26-,43?/m1/s1. The molecule has 0 spiro atoms. The van der Waals surface area contributed by atoms with E-state index in [9.17, 15) is 4.57 Å². The molecule has 3 aromatic rings. The van der Waals surface area contributed by atoms with E-state index < -0.39 is 31.3 Å². The van der Waals surface area contributed by atoms with Crippen molar-refractivity contribution in [2.24, 2.45) is 0 Å². The van der Waals surface area contributed by atoms with E-state index in [4.69, 9.17) is 46.5 Å². The van der Waals surface area contributed by atoms with Crippen molar-refractivity contribution < 1.29 is 27.8 Å². The average molecular weight is 689 g/mol. The van der Waals surface area contributed by atoms with Crippen LogP contribution >= 0.6 is 42.6 Å². The molecule has 242 valence electrons. The van der Waals surface area contributed by atoms with Gasteiger partial charge in [0, 0.05) is 17.3 Å². The minimum absolute atomic E-state index is 0.0594. The van der Waals surface area contributed by atoms with E-state index in [0.717, 1.165) is 18.4 Å². The number of ether oxygens (including phenoxy) is 3. The van der Waals surface area contributed by atoms with E-state index in [0.29, 0.717) is 40.8 Å². The average Bonchev–Trinajstić information content (AvgIpc) is 3.58. The number of thioether (sulfide) groups is 1. The van der Waals surface area contributed by atoms with Crippen molar-refractivity contribution >= 4 is 59.4 Å². The van der Waals surface area contributed by atoms with Crippen molar-refractivity contribution in [3.8, 4) is 0 Å². The van der Waals surface area contributed by atoms with Crippen LogP contribution in [0.25, 0.3) is 11.0 Å². The molecule has 1 aromatic carbocycles. The van der Waals surface area contributed by atoms with E-state index in [1.54, 1.807) is 10.9 Å². The second-order valence-corrected chi connectivity index (χ2v) is 16.4. The Balaban J connectivity index is 1.34. The fourth-order valence-corrected chi connectivity index (χ4v) is 9.15. The second kappa shape index (κ2) is 13.7. The van der Waals surface area contributed by atoms with E-state index in [-0.39, 0.29) is 23.0 Å². The summed E-state index contributed by atoms with van der Waals surface area (Å²) in [5.41, 5.74) is 0.983. The maximum Gasteiger partial charge on any atom is 0.340 e. The summed E-state index contributed by atoms with van der Waals surface area (Å²) in [4.78, 5) is 8.89. The fraction of sp³-hybridized carbons (Fsp3) is 0.621. The van der Waals surface area contributed by atoms with Crippen LogP contribution < -0.4 is 5.32 Å². The number of anilines is 1. The molecule has 0 amide bonds. The zero-order valence-electron chi connectivity index (χ0n) is 25.8. The summed E-state index contributed by atoms with van der Waals surface area (Å²) in [5, 5.41) is 9.32. The number of rotatable bonds is 13. The Kier molecular flexibility index (Phi) is 10.6. The molecule has 0 bridgehead atoms. The first-order valence-corrected chi connectivity index (χ1v) is 18.3. The SMILES string of the molecule is CCCCOP(=O)(CSC[C@H]1O[C@@H](n2ncc3c(NCc4ccccc4Cl)nc(Cl)nc32)[C@@H]2OC(C)(C)O[C@@H]21)OC(C)(C)C. The Hall–Kier alpha value is -1.47. The maximum atomic E-state index is 13.6. The lowest BCUT2D eigenvalue weighted by Crippen LogP contribution is -2.31. The largest absolute Gasteiger partial charge is 0.365 e. The molecule has 4 heterocycles. The normalized spacial score (nSPS) is 24.5. The first-order chi connectivity index (χ1) is 20.8. The molecule has 2 fully saturated rings. The smallest absolute Gasteiger partial charge is 0.340 e. The van der Waals surface area contributed by atoms with Crippen LogP contribution in [-0.4, -0.2) is 67.3 Å². The number of hydrogen-bond acceptors (Lipinski definition) is 11. The third kappa shape index (κ3) is 8.08. The summed E-state index contributed by atoms with van der Waals surface area (Å²) in [7, 11) is -3.35. The number of nitrogens with one attached hydrogen (secondary N) is 1. The van der Waals surface area contributed by atoms with Crippen LogP contribution in [0.5, 0.6) is 0 Å². The molecule has 0 aliphatic carbocycles. The van der Waals surface area contributed by atoms with Crippen LogP contribution in [-0.2, 0) is 34.4 Å². The van der Waals surface area contributed by atoms with Crippen LogP contribution in [0.4, 0.5) is 5.82 Å². The van der Waals surface area contributed by atoms with Gasteiger partial charge in [-0.05, 0) is 64.3 Å². The van der Waals surface area contributed by atoms with Gasteiger partial charge in [-0.1, -0.05) is 43.1 Å². The predicted molar refractivity (Wildman–Crippen MR) is 173 cm³/mol. The Labute approximate surface area is 272 Å². The predicted octanol–water partition coefficient (Wildman–Crippen LogP) is 7.68. The first-order valence-electron chi connectivity index (χ1n) is 14.7. The molecule has 1 unspecified atom stereocenters. The van der Waals surface area contributed by atoms with E-state index >= 15 is 0 Å². The number of aromatic nitrogens is 4. The molecule has 0 saturated carbocycles. The molecule has 5 atom stereocenters. The Bertz CT molecular complexity index is 1500. The first kappa shape index (κ1) is 33.9. The number of benzene rings is 1. The molecule has 5 rings (SSSR count). The highest BCUT2D eigenvalue weighted by molar-refractivity contribution is 8.04. The molecular weight excluding hydrogens is 648 g/mol. The minimum atomic E-state index is -3.35. The molecule has 0 radical (unpaired) electrons. The highest BCUT2D eigenvalue weighted by atomic mass is 35.5. The monoisotopic (exact) mass is 687 g/mol. The molecule has 15 heteroatoms. The van der Waals surface area contributed by atoms with Gasteiger partial charge in [-0.25, -0.2) is 4.68 Å². The molecular formula is C29H40Cl2N5O6PS. The van der Waals surface area contributed by atoms with Crippen LogP contribution in [0, 0.1) is 0 Å². The lowest BCUT2D eigenvalue weighted by Gasteiger charge is -2.27. The van der Waals surface area contributed by atoms with E-state index in [2.05, 4.69) is 27.3 Å². The van der Waals surface area contributed by atoms with Gasteiger partial charge in [0.1, 0.15) is 18.0 Å². The van der Waals surface area contributed by atoms with Crippen molar-refractivity contribution in [1.29, 1.82) is 0 Å². The number of halogens is 2. The van der Waals surface area contributed by atoms with Crippen molar-refractivity contribution in [3.05, 3.63) is 46.3 Å². The molecule has 2 aliphatic rings. The zero-order chi connectivity index (χ0) is 31.7. The van der Waals surface area contributed by atoms with Crippen LogP contribution in [0.1, 0.15) is 66.2 Å². The van der Waals surface area contributed by atoms with E-state index in [1.165, 1.54) is 11.8 Å². The summed E-state index contributed by atoms with van der Waals surface area (Å²) in [5.74, 6) is 0.172. The lowest BCUT2D eigenvalue weighted by atomic mass is 10.1. The van der Waals surface area contributed by atoms with Gasteiger partial charge in [-0.3, -0.25) is 4.57 Å². The van der Waals surface area contributed by atoms with Crippen LogP contribution in [0.15, 0.2) is 30.5 Å². The molecule has 44 heavy (non-hydrogen) atoms. The molecule has 2 saturated heterocycles. The second-order valence-electron chi connectivity index (χ2n) is 12.2. The van der Waals surface area contributed by atoms with Crippen LogP contribution in [0.2, 0.25) is 10.3 Å². The maximum absolute atomic E-state index is 13.6. The van der Waals surface area contributed by atoms with Crippen molar-refractivity contribution in [2.75, 3.05) is 23.2 Å². The molecule has 11 nitrogen and oxygen atoms in total. The minimum Gasteiger partial charge on any atom is -0.365 e. The van der Waals surface area contributed by atoms with Crippen molar-refractivity contribution in [3.63, 3.8) is 0 Å². The van der Waals surface area contributed by atoms with Gasteiger partial charge in [0.2, 0.25) is 5.28 Å². The van der Waals surface area contributed by atoms with E-state index in [1.807, 2.05) is 58.9 Å². The van der Waals surface area contributed by atoms with Gasteiger partial charge >= 0.3 is 7.60 Å². The molecule has 1 N–H and O–H groups in total. The van der Waals surface area contributed by atoms with Crippen molar-refractivity contribution in [2.45, 2.75) is 96.9 Å². The van der Waals surface area contributed by atoms with Gasteiger partial charge < -0.3 is 28.6 Å². The van der Waals surface area contributed by atoms with Crippen molar-refractivity contribution in [1.82, 2.24) is 19.7 Å². The van der Waals surface area contributed by atoms with Crippen LogP contribution in [0.3, 0.4) is 0 Å². The summed E-state index contributed by atoms with van der Waals surface area (Å²) < 4.78 is 46.1. The number of hydrogen-bond donors (Lipinski definition) is 1. The summed E-state index contributed by atoms with van der Waals surface area (Å²) in [6.07, 6.45) is 1.53. The van der Waals surface area contributed by atoms with Gasteiger partial charge in [-0.15, -0.1) is 11.8 Å². The summed E-state index contributed by atoms with van der Waals surface area (Å²) in [6, 6.07) is 7.58. The third-order valence-corrected chi connectivity index (χ3v) is 11.4. The number of unbranched alkanes of at least 4 members (excludes halogenated alkanes) is 1. The quantitative estimate of drug-likeness (QED) is 0.108. The van der Waals surface area contributed by atoms with Gasteiger partial charge in [-0.2, -0.15) is 15.1 Å². The third-order valence-electron chi connectivity index (χ3n) is 6.93. The fourth-order valence-electron chi connectivity index (χ4n) is 5.17. The Morgan fingerprint density at radius 3 is 2.64 bits per heavy atom. The number of nitrogens with zero attached hydrogens (tertiary/aromatic N) is 4. The zero-order valence-corrected chi connectivity index (χ0v) is 29.0. The summed E-state index contributed by atoms with van der Waals surface area (Å²) in [6.45, 7) is 12.2.